The largest absolute Gasteiger partial charge is 0.300 e. The maximum atomic E-state index is 12.2. The van der Waals surface area contributed by atoms with E-state index in [4.69, 9.17) is 23.2 Å². The predicted octanol–water partition coefficient (Wildman–Crippen LogP) is 4.49. The van der Waals surface area contributed by atoms with Crippen LogP contribution >= 0.6 is 39.1 Å². The third-order valence-corrected chi connectivity index (χ3v) is 4.51. The zero-order valence-electron chi connectivity index (χ0n) is 10.6. The van der Waals surface area contributed by atoms with E-state index in [0.29, 0.717) is 26.9 Å². The van der Waals surface area contributed by atoms with Crippen molar-refractivity contribution < 1.29 is 9.59 Å². The minimum atomic E-state index is -0.570. The predicted molar refractivity (Wildman–Crippen MR) is 86.1 cm³/mol. The Morgan fingerprint density at radius 3 is 2.38 bits per heavy atom. The summed E-state index contributed by atoms with van der Waals surface area (Å²) in [5, 5.41) is 0.932. The average Bonchev–Trinajstić information content (AvgIpc) is 2.67. The number of hydrogen-bond donors (Lipinski definition) is 0. The van der Waals surface area contributed by atoms with Crippen LogP contribution < -0.4 is 4.90 Å². The first-order valence-corrected chi connectivity index (χ1v) is 7.62. The summed E-state index contributed by atoms with van der Waals surface area (Å²) in [6.45, 7) is 0.164. The maximum Gasteiger partial charge on any atom is 0.299 e. The molecule has 0 fully saturated rings. The molecular formula is C15H8BrCl2NO2. The molecule has 0 saturated carbocycles. The number of fused-ring (bicyclic) bond motifs is 1. The second kappa shape index (κ2) is 5.44. The van der Waals surface area contributed by atoms with Crippen molar-refractivity contribution in [1.82, 2.24) is 0 Å². The molecule has 3 rings (SSSR count). The number of Topliss-reactive ketones (excluding diaryl/α,β-unsaturated/α-hetero) is 1. The molecule has 0 saturated heterocycles. The fourth-order valence-corrected chi connectivity index (χ4v) is 3.15. The zero-order valence-corrected chi connectivity index (χ0v) is 13.7. The summed E-state index contributed by atoms with van der Waals surface area (Å²) in [4.78, 5) is 25.6. The van der Waals surface area contributed by atoms with Crippen molar-refractivity contribution in [2.45, 2.75) is 6.54 Å². The van der Waals surface area contributed by atoms with Crippen molar-refractivity contribution in [3.63, 3.8) is 0 Å². The molecule has 1 aliphatic rings. The van der Waals surface area contributed by atoms with Crippen LogP contribution in [-0.2, 0) is 11.3 Å². The molecule has 0 bridgehead atoms. The van der Waals surface area contributed by atoms with Gasteiger partial charge in [0.1, 0.15) is 0 Å². The summed E-state index contributed by atoms with van der Waals surface area (Å²) in [6.07, 6.45) is 0. The van der Waals surface area contributed by atoms with Crippen LogP contribution in [0.4, 0.5) is 5.69 Å². The van der Waals surface area contributed by atoms with Crippen molar-refractivity contribution in [3.05, 3.63) is 62.0 Å². The Balaban J connectivity index is 2.05. The molecule has 106 valence electrons. The molecule has 0 atom stereocenters. The number of rotatable bonds is 2. The highest BCUT2D eigenvalue weighted by Crippen LogP contribution is 2.35. The van der Waals surface area contributed by atoms with Gasteiger partial charge >= 0.3 is 0 Å². The molecule has 0 aromatic heterocycles. The van der Waals surface area contributed by atoms with Crippen molar-refractivity contribution in [3.8, 4) is 0 Å². The van der Waals surface area contributed by atoms with E-state index >= 15 is 0 Å². The lowest BCUT2D eigenvalue weighted by molar-refractivity contribution is -0.114. The highest BCUT2D eigenvalue weighted by Gasteiger charge is 2.36. The Morgan fingerprint density at radius 1 is 1.05 bits per heavy atom. The summed E-state index contributed by atoms with van der Waals surface area (Å²) in [6, 6.07) is 10.3. The third-order valence-electron chi connectivity index (χ3n) is 3.31. The number of ketones is 1. The quantitative estimate of drug-likeness (QED) is 0.715. The van der Waals surface area contributed by atoms with Gasteiger partial charge in [-0.15, -0.1) is 0 Å². The summed E-state index contributed by atoms with van der Waals surface area (Å²) < 4.78 is 0.750. The van der Waals surface area contributed by atoms with Crippen LogP contribution in [0.25, 0.3) is 0 Å². The van der Waals surface area contributed by atoms with Gasteiger partial charge < -0.3 is 4.90 Å². The number of nitrogens with zero attached hydrogens (tertiary/aromatic N) is 1. The van der Waals surface area contributed by atoms with Crippen LogP contribution in [0.15, 0.2) is 40.9 Å². The molecule has 2 aromatic carbocycles. The highest BCUT2D eigenvalue weighted by molar-refractivity contribution is 9.10. The minimum absolute atomic E-state index is 0.164. The molecule has 0 aliphatic carbocycles. The fraction of sp³-hybridized carbons (Fsp3) is 0.0667. The summed E-state index contributed by atoms with van der Waals surface area (Å²) in [5.74, 6) is -1.09. The number of benzene rings is 2. The number of amides is 1. The molecule has 1 amide bonds. The first kappa shape index (κ1) is 14.6. The second-order valence-electron chi connectivity index (χ2n) is 4.58. The van der Waals surface area contributed by atoms with Crippen molar-refractivity contribution in [2.24, 2.45) is 0 Å². The van der Waals surface area contributed by atoms with Gasteiger partial charge in [0.25, 0.3) is 11.7 Å². The van der Waals surface area contributed by atoms with E-state index < -0.39 is 11.7 Å². The summed E-state index contributed by atoms with van der Waals surface area (Å²) >= 11 is 15.6. The van der Waals surface area contributed by atoms with Crippen LogP contribution in [0.3, 0.4) is 0 Å². The fourth-order valence-electron chi connectivity index (χ4n) is 2.27. The third kappa shape index (κ3) is 2.48. The number of carbonyl (C=O) groups is 2. The molecular weight excluding hydrogens is 377 g/mol. The van der Waals surface area contributed by atoms with Gasteiger partial charge in [0.05, 0.1) is 17.8 Å². The van der Waals surface area contributed by atoms with Crippen LogP contribution in [0.2, 0.25) is 10.0 Å². The maximum absolute atomic E-state index is 12.2. The first-order valence-electron chi connectivity index (χ1n) is 6.07. The number of halogens is 3. The molecule has 0 spiro atoms. The van der Waals surface area contributed by atoms with E-state index in [0.717, 1.165) is 4.47 Å². The highest BCUT2D eigenvalue weighted by atomic mass is 79.9. The van der Waals surface area contributed by atoms with Gasteiger partial charge in [0.2, 0.25) is 0 Å². The molecule has 1 aliphatic heterocycles. The van der Waals surface area contributed by atoms with E-state index in [2.05, 4.69) is 15.9 Å². The van der Waals surface area contributed by atoms with Crippen molar-refractivity contribution >= 4 is 56.5 Å². The number of hydrogen-bond acceptors (Lipinski definition) is 2. The Morgan fingerprint density at radius 2 is 1.71 bits per heavy atom. The minimum Gasteiger partial charge on any atom is -0.300 e. The van der Waals surface area contributed by atoms with Gasteiger partial charge in [-0.05, 0) is 30.3 Å². The molecule has 0 N–H and O–H groups in total. The van der Waals surface area contributed by atoms with Gasteiger partial charge in [-0.1, -0.05) is 45.2 Å². The lowest BCUT2D eigenvalue weighted by Gasteiger charge is -2.18. The van der Waals surface area contributed by atoms with Crippen LogP contribution in [-0.4, -0.2) is 11.7 Å². The Hall–Kier alpha value is -1.36. The van der Waals surface area contributed by atoms with E-state index in [1.54, 1.807) is 36.4 Å². The molecule has 0 unspecified atom stereocenters. The smallest absolute Gasteiger partial charge is 0.299 e. The Labute approximate surface area is 139 Å². The van der Waals surface area contributed by atoms with Crippen LogP contribution in [0.5, 0.6) is 0 Å². The summed E-state index contributed by atoms with van der Waals surface area (Å²) in [5.41, 5.74) is 1.58. The van der Waals surface area contributed by atoms with Gasteiger partial charge in [0, 0.05) is 20.1 Å². The average molecular weight is 385 g/mol. The van der Waals surface area contributed by atoms with Gasteiger partial charge in [0.15, 0.2) is 0 Å². The molecule has 21 heavy (non-hydrogen) atoms. The van der Waals surface area contributed by atoms with Gasteiger partial charge in [-0.3, -0.25) is 9.59 Å². The lowest BCUT2D eigenvalue weighted by Crippen LogP contribution is -2.29. The Kier molecular flexibility index (Phi) is 3.78. The molecule has 2 aromatic rings. The van der Waals surface area contributed by atoms with E-state index in [1.165, 1.54) is 4.90 Å². The first-order chi connectivity index (χ1) is 9.99. The molecule has 0 radical (unpaired) electrons. The lowest BCUT2D eigenvalue weighted by atomic mass is 10.1. The number of carbonyl (C=O) groups excluding carboxylic acids is 2. The van der Waals surface area contributed by atoms with Crippen molar-refractivity contribution in [2.75, 3.05) is 4.90 Å². The van der Waals surface area contributed by atoms with E-state index in [9.17, 15) is 9.59 Å². The van der Waals surface area contributed by atoms with E-state index in [-0.39, 0.29) is 6.54 Å². The SMILES string of the molecule is O=C1C(=O)N(Cc2c(Cl)cccc2Cl)c2ccc(Br)cc21. The normalized spacial score (nSPS) is 13.8. The van der Waals surface area contributed by atoms with E-state index in [1.807, 2.05) is 0 Å². The summed E-state index contributed by atoms with van der Waals surface area (Å²) in [7, 11) is 0. The zero-order chi connectivity index (χ0) is 15.1. The molecule has 3 nitrogen and oxygen atoms in total. The van der Waals surface area contributed by atoms with Gasteiger partial charge in [-0.2, -0.15) is 0 Å². The van der Waals surface area contributed by atoms with Crippen molar-refractivity contribution in [1.29, 1.82) is 0 Å². The van der Waals surface area contributed by atoms with Crippen LogP contribution in [0.1, 0.15) is 15.9 Å². The second-order valence-corrected chi connectivity index (χ2v) is 6.31. The monoisotopic (exact) mass is 383 g/mol. The molecule has 6 heteroatoms. The standard InChI is InChI=1S/C15H8BrCl2NO2/c16-8-4-5-13-9(6-8)14(20)15(21)19(13)7-10-11(17)2-1-3-12(10)18/h1-6H,7H2. The Bertz CT molecular complexity index is 756. The number of anilines is 1. The molecule has 1 heterocycles. The van der Waals surface area contributed by atoms with Crippen LogP contribution in [0, 0.1) is 0 Å². The van der Waals surface area contributed by atoms with Gasteiger partial charge in [-0.25, -0.2) is 0 Å². The topological polar surface area (TPSA) is 37.4 Å².